The van der Waals surface area contributed by atoms with Gasteiger partial charge < -0.3 is 4.42 Å². The Bertz CT molecular complexity index is 890. The molecule has 0 saturated heterocycles. The van der Waals surface area contributed by atoms with Gasteiger partial charge in [0.15, 0.2) is 0 Å². The van der Waals surface area contributed by atoms with Crippen LogP contribution >= 0.6 is 11.6 Å². The molecule has 4 rings (SSSR count). The van der Waals surface area contributed by atoms with Crippen molar-refractivity contribution in [2.75, 3.05) is 0 Å². The molecule has 0 bridgehead atoms. The van der Waals surface area contributed by atoms with Gasteiger partial charge in [-0.25, -0.2) is 0 Å². The molecule has 3 aromatic carbocycles. The van der Waals surface area contributed by atoms with Gasteiger partial charge in [0.1, 0.15) is 11.3 Å². The first kappa shape index (κ1) is 14.1. The van der Waals surface area contributed by atoms with Gasteiger partial charge in [-0.2, -0.15) is 0 Å². The molecule has 0 aliphatic heterocycles. The molecule has 1 aromatic heterocycles. The van der Waals surface area contributed by atoms with E-state index in [1.54, 1.807) is 0 Å². The van der Waals surface area contributed by atoms with Gasteiger partial charge >= 0.3 is 0 Å². The highest BCUT2D eigenvalue weighted by Gasteiger charge is 2.20. The van der Waals surface area contributed by atoms with Crippen molar-refractivity contribution in [1.29, 1.82) is 0 Å². The summed E-state index contributed by atoms with van der Waals surface area (Å²) in [5, 5.41) is 1.86. The number of hydrogen-bond donors (Lipinski definition) is 0. The molecule has 1 nitrogen and oxygen atoms in total. The van der Waals surface area contributed by atoms with E-state index < -0.39 is 0 Å². The van der Waals surface area contributed by atoms with Crippen LogP contribution in [-0.4, -0.2) is 0 Å². The smallest absolute Gasteiger partial charge is 0.134 e. The van der Waals surface area contributed by atoms with E-state index in [9.17, 15) is 0 Å². The van der Waals surface area contributed by atoms with Crippen LogP contribution in [0.15, 0.2) is 89.3 Å². The van der Waals surface area contributed by atoms with E-state index in [2.05, 4.69) is 48.5 Å². The number of para-hydroxylation sites is 1. The molecule has 4 aromatic rings. The van der Waals surface area contributed by atoms with Crippen LogP contribution in [0, 0.1) is 0 Å². The normalized spacial score (nSPS) is 12.4. The second kappa shape index (κ2) is 5.94. The third kappa shape index (κ3) is 2.76. The lowest BCUT2D eigenvalue weighted by atomic mass is 9.89. The number of halogens is 1. The number of benzene rings is 3. The van der Waals surface area contributed by atoms with Gasteiger partial charge in [0.05, 0.1) is 5.92 Å². The second-order valence-corrected chi connectivity index (χ2v) is 6.02. The SMILES string of the molecule is Clc1ccc(C(c2ccccc2)c2cc3ccccc3o2)cc1. The Morgan fingerprint density at radius 2 is 1.35 bits per heavy atom. The van der Waals surface area contributed by atoms with E-state index in [1.165, 1.54) is 11.1 Å². The zero-order valence-electron chi connectivity index (χ0n) is 12.4. The fourth-order valence-corrected chi connectivity index (χ4v) is 3.09. The zero-order chi connectivity index (χ0) is 15.6. The molecule has 0 saturated carbocycles. The van der Waals surface area contributed by atoms with E-state index in [4.69, 9.17) is 16.0 Å². The summed E-state index contributed by atoms with van der Waals surface area (Å²) in [5.74, 6) is 1.00. The zero-order valence-corrected chi connectivity index (χ0v) is 13.2. The van der Waals surface area contributed by atoms with E-state index in [0.717, 1.165) is 21.8 Å². The summed E-state index contributed by atoms with van der Waals surface area (Å²) >= 11 is 6.05. The molecule has 0 aliphatic rings. The lowest BCUT2D eigenvalue weighted by molar-refractivity contribution is 0.542. The van der Waals surface area contributed by atoms with Crippen LogP contribution in [0.25, 0.3) is 11.0 Å². The molecule has 0 radical (unpaired) electrons. The van der Waals surface area contributed by atoms with Crippen LogP contribution in [0.1, 0.15) is 22.8 Å². The minimum Gasteiger partial charge on any atom is -0.460 e. The average molecular weight is 319 g/mol. The topological polar surface area (TPSA) is 13.1 Å². The Morgan fingerprint density at radius 3 is 2.09 bits per heavy atom. The second-order valence-electron chi connectivity index (χ2n) is 5.58. The first-order valence-corrected chi connectivity index (χ1v) is 7.98. The monoisotopic (exact) mass is 318 g/mol. The molecule has 0 spiro atoms. The van der Waals surface area contributed by atoms with Crippen molar-refractivity contribution >= 4 is 22.6 Å². The van der Waals surface area contributed by atoms with Crippen LogP contribution in [0.2, 0.25) is 5.02 Å². The van der Waals surface area contributed by atoms with Crippen molar-refractivity contribution in [3.63, 3.8) is 0 Å². The molecule has 1 unspecified atom stereocenters. The summed E-state index contributed by atoms with van der Waals surface area (Å²) in [5.41, 5.74) is 3.28. The van der Waals surface area contributed by atoms with Crippen molar-refractivity contribution in [2.24, 2.45) is 0 Å². The average Bonchev–Trinajstić information content (AvgIpc) is 3.01. The Morgan fingerprint density at radius 1 is 0.696 bits per heavy atom. The number of furan rings is 1. The first-order chi connectivity index (χ1) is 11.3. The number of fused-ring (bicyclic) bond motifs is 1. The molecule has 0 N–H and O–H groups in total. The van der Waals surface area contributed by atoms with Crippen LogP contribution in [0.5, 0.6) is 0 Å². The Hall–Kier alpha value is -2.51. The van der Waals surface area contributed by atoms with Crippen LogP contribution in [-0.2, 0) is 0 Å². The van der Waals surface area contributed by atoms with E-state index >= 15 is 0 Å². The quantitative estimate of drug-likeness (QED) is 0.434. The third-order valence-corrected chi connectivity index (χ3v) is 4.32. The van der Waals surface area contributed by atoms with Crippen LogP contribution < -0.4 is 0 Å². The summed E-state index contributed by atoms with van der Waals surface area (Å²) < 4.78 is 6.14. The first-order valence-electron chi connectivity index (χ1n) is 7.60. The standard InChI is InChI=1S/C21H15ClO/c22-18-12-10-16(11-13-18)21(15-6-2-1-3-7-15)20-14-17-8-4-5-9-19(17)23-20/h1-14,21H. The maximum atomic E-state index is 6.14. The van der Waals surface area contributed by atoms with Gasteiger partial charge in [-0.3, -0.25) is 0 Å². The van der Waals surface area contributed by atoms with Crippen molar-refractivity contribution in [1.82, 2.24) is 0 Å². The van der Waals surface area contributed by atoms with Crippen LogP contribution in [0.4, 0.5) is 0 Å². The highest BCUT2D eigenvalue weighted by atomic mass is 35.5. The third-order valence-electron chi connectivity index (χ3n) is 4.07. The number of hydrogen-bond acceptors (Lipinski definition) is 1. The van der Waals surface area contributed by atoms with Gasteiger partial charge in [-0.15, -0.1) is 0 Å². The van der Waals surface area contributed by atoms with Gasteiger partial charge in [0.25, 0.3) is 0 Å². The molecular formula is C21H15ClO. The molecule has 23 heavy (non-hydrogen) atoms. The lowest BCUT2D eigenvalue weighted by Gasteiger charge is -2.15. The van der Waals surface area contributed by atoms with E-state index in [1.807, 2.05) is 36.4 Å². The maximum Gasteiger partial charge on any atom is 0.134 e. The largest absolute Gasteiger partial charge is 0.460 e. The van der Waals surface area contributed by atoms with Crippen molar-refractivity contribution in [3.8, 4) is 0 Å². The van der Waals surface area contributed by atoms with Crippen molar-refractivity contribution < 1.29 is 4.42 Å². The van der Waals surface area contributed by atoms with Gasteiger partial charge in [-0.05, 0) is 35.4 Å². The molecule has 2 heteroatoms. The van der Waals surface area contributed by atoms with Gasteiger partial charge in [-0.1, -0.05) is 72.3 Å². The summed E-state index contributed by atoms with van der Waals surface area (Å²) in [6, 6.07) is 28.6. The van der Waals surface area contributed by atoms with Gasteiger partial charge in [0.2, 0.25) is 0 Å². The molecule has 0 amide bonds. The molecule has 1 atom stereocenters. The fraction of sp³-hybridized carbons (Fsp3) is 0.0476. The Labute approximate surface area is 140 Å². The Kier molecular flexibility index (Phi) is 3.64. The van der Waals surface area contributed by atoms with E-state index in [-0.39, 0.29) is 5.92 Å². The molecule has 112 valence electrons. The fourth-order valence-electron chi connectivity index (χ4n) is 2.97. The lowest BCUT2D eigenvalue weighted by Crippen LogP contribution is -2.01. The predicted octanol–water partition coefficient (Wildman–Crippen LogP) is 6.27. The summed E-state index contributed by atoms with van der Waals surface area (Å²) in [4.78, 5) is 0. The highest BCUT2D eigenvalue weighted by molar-refractivity contribution is 6.30. The summed E-state index contributed by atoms with van der Waals surface area (Å²) in [7, 11) is 0. The molecule has 0 aliphatic carbocycles. The van der Waals surface area contributed by atoms with Crippen molar-refractivity contribution in [2.45, 2.75) is 5.92 Å². The van der Waals surface area contributed by atoms with Crippen LogP contribution in [0.3, 0.4) is 0 Å². The maximum absolute atomic E-state index is 6.14. The van der Waals surface area contributed by atoms with Gasteiger partial charge in [0, 0.05) is 10.4 Å². The predicted molar refractivity (Wildman–Crippen MR) is 95.1 cm³/mol. The molecule has 1 heterocycles. The van der Waals surface area contributed by atoms with E-state index in [0.29, 0.717) is 0 Å². The number of rotatable bonds is 3. The molecule has 0 fully saturated rings. The Balaban J connectivity index is 1.89. The minimum absolute atomic E-state index is 0.0564. The van der Waals surface area contributed by atoms with Crippen molar-refractivity contribution in [3.05, 3.63) is 107 Å². The highest BCUT2D eigenvalue weighted by Crippen LogP contribution is 2.35. The summed E-state index contributed by atoms with van der Waals surface area (Å²) in [6.45, 7) is 0. The minimum atomic E-state index is 0.0564. The molecular weight excluding hydrogens is 304 g/mol. The summed E-state index contributed by atoms with van der Waals surface area (Å²) in [6.07, 6.45) is 0.